The number of guanidine groups is 1. The Hall–Kier alpha value is -0.840. The summed E-state index contributed by atoms with van der Waals surface area (Å²) in [5.74, 6) is -0.237. The smallest absolute Gasteiger partial charge is 0.387 e. The number of nitrogens with zero attached hydrogens (tertiary/aromatic N) is 1. The molecule has 1 saturated carbocycles. The summed E-state index contributed by atoms with van der Waals surface area (Å²) in [6.45, 7) is -0.492. The van der Waals surface area contributed by atoms with Gasteiger partial charge in [-0.25, -0.2) is 9.38 Å². The Bertz CT molecular complexity index is 592. The van der Waals surface area contributed by atoms with E-state index in [-0.39, 0.29) is 41.8 Å². The number of hydrogen-bond acceptors (Lipinski definition) is 3. The van der Waals surface area contributed by atoms with Crippen LogP contribution in [0.15, 0.2) is 23.2 Å². The maximum absolute atomic E-state index is 14.0. The Morgan fingerprint density at radius 1 is 1.38 bits per heavy atom. The third kappa shape index (κ3) is 7.05. The van der Waals surface area contributed by atoms with E-state index < -0.39 is 12.4 Å². The second-order valence-corrected chi connectivity index (χ2v) is 6.94. The van der Waals surface area contributed by atoms with Gasteiger partial charge >= 0.3 is 6.61 Å². The molecule has 0 spiro atoms. The second kappa shape index (κ2) is 11.8. The maximum Gasteiger partial charge on any atom is 0.387 e. The van der Waals surface area contributed by atoms with E-state index in [0.717, 1.165) is 19.3 Å². The Balaban J connectivity index is 0.00000338. The molecule has 0 saturated heterocycles. The summed E-state index contributed by atoms with van der Waals surface area (Å²) < 4.78 is 43.4. The zero-order valence-corrected chi connectivity index (χ0v) is 18.0. The largest absolute Gasteiger partial charge is 0.434 e. The monoisotopic (exact) mass is 503 g/mol. The molecular formula is C17H25F3IN3OS. The quantitative estimate of drug-likeness (QED) is 0.330. The fourth-order valence-electron chi connectivity index (χ4n) is 2.86. The van der Waals surface area contributed by atoms with Gasteiger partial charge in [0.25, 0.3) is 0 Å². The molecule has 2 atom stereocenters. The van der Waals surface area contributed by atoms with Gasteiger partial charge in [0.15, 0.2) is 5.96 Å². The molecule has 9 heteroatoms. The van der Waals surface area contributed by atoms with Crippen molar-refractivity contribution in [1.29, 1.82) is 0 Å². The highest BCUT2D eigenvalue weighted by Crippen LogP contribution is 2.28. The van der Waals surface area contributed by atoms with Gasteiger partial charge in [0.2, 0.25) is 0 Å². The number of hydrogen-bond donors (Lipinski definition) is 2. The van der Waals surface area contributed by atoms with E-state index in [1.807, 2.05) is 18.7 Å². The van der Waals surface area contributed by atoms with Crippen LogP contribution in [0.4, 0.5) is 13.2 Å². The van der Waals surface area contributed by atoms with Crippen molar-refractivity contribution in [2.75, 3.05) is 12.8 Å². The standard InChI is InChI=1S/C17H24F3N3OS.HI/c1-3-21-17(23-11-7-8-12(9-11)25-2)22-10-13-14(18)5-4-6-15(13)24-16(19)20;/h4-6,11-12,16H,3,7-10H2,1-2H3,(H2,21,22,23);1H. The zero-order valence-electron chi connectivity index (χ0n) is 14.8. The van der Waals surface area contributed by atoms with Crippen molar-refractivity contribution in [3.8, 4) is 5.75 Å². The summed E-state index contributed by atoms with van der Waals surface area (Å²) in [5, 5.41) is 7.10. The van der Waals surface area contributed by atoms with Crippen LogP contribution < -0.4 is 15.4 Å². The van der Waals surface area contributed by atoms with Crippen molar-refractivity contribution < 1.29 is 17.9 Å². The molecule has 2 rings (SSSR count). The lowest BCUT2D eigenvalue weighted by Crippen LogP contribution is -2.42. The van der Waals surface area contributed by atoms with Crippen LogP contribution in [0.2, 0.25) is 0 Å². The lowest BCUT2D eigenvalue weighted by atomic mass is 10.2. The first-order valence-electron chi connectivity index (χ1n) is 8.33. The number of aliphatic imine (C=N–C) groups is 1. The summed E-state index contributed by atoms with van der Waals surface area (Å²) in [7, 11) is 0. The number of thioether (sulfide) groups is 1. The molecule has 0 heterocycles. The van der Waals surface area contributed by atoms with E-state index in [2.05, 4.69) is 26.6 Å². The Labute approximate surface area is 173 Å². The van der Waals surface area contributed by atoms with Crippen LogP contribution in [0.5, 0.6) is 5.75 Å². The Morgan fingerprint density at radius 2 is 2.15 bits per heavy atom. The number of halogens is 4. The first-order chi connectivity index (χ1) is 12.0. The van der Waals surface area contributed by atoms with Gasteiger partial charge in [-0.3, -0.25) is 0 Å². The van der Waals surface area contributed by atoms with E-state index >= 15 is 0 Å². The first kappa shape index (κ1) is 23.2. The lowest BCUT2D eigenvalue weighted by molar-refractivity contribution is -0.0506. The summed E-state index contributed by atoms with van der Waals surface area (Å²) in [6.07, 6.45) is 5.35. The molecule has 1 aliphatic rings. The lowest BCUT2D eigenvalue weighted by Gasteiger charge is -2.17. The van der Waals surface area contributed by atoms with Gasteiger partial charge in [0.05, 0.1) is 12.1 Å². The molecule has 4 nitrogen and oxygen atoms in total. The van der Waals surface area contributed by atoms with Crippen LogP contribution in [0.25, 0.3) is 0 Å². The molecule has 0 amide bonds. The van der Waals surface area contributed by atoms with Gasteiger partial charge < -0.3 is 15.4 Å². The number of rotatable bonds is 7. The van der Waals surface area contributed by atoms with Crippen LogP contribution >= 0.6 is 35.7 Å². The summed E-state index contributed by atoms with van der Waals surface area (Å²) in [6, 6.07) is 4.18. The molecule has 0 radical (unpaired) electrons. The van der Waals surface area contributed by atoms with E-state index in [9.17, 15) is 13.2 Å². The maximum atomic E-state index is 14.0. The average Bonchev–Trinajstić information content (AvgIpc) is 3.01. The first-order valence-corrected chi connectivity index (χ1v) is 9.62. The highest BCUT2D eigenvalue weighted by Gasteiger charge is 2.24. The molecular weight excluding hydrogens is 478 g/mol. The number of ether oxygens (including phenoxy) is 1. The number of nitrogens with one attached hydrogen (secondary N) is 2. The van der Waals surface area contributed by atoms with Crippen molar-refractivity contribution >= 4 is 41.7 Å². The molecule has 0 aliphatic heterocycles. The summed E-state index contributed by atoms with van der Waals surface area (Å²) in [4.78, 5) is 4.35. The fraction of sp³-hybridized carbons (Fsp3) is 0.588. The van der Waals surface area contributed by atoms with Gasteiger partial charge in [-0.15, -0.1) is 24.0 Å². The summed E-state index contributed by atoms with van der Waals surface area (Å²) >= 11 is 1.86. The van der Waals surface area contributed by atoms with Gasteiger partial charge in [0.1, 0.15) is 11.6 Å². The van der Waals surface area contributed by atoms with Crippen molar-refractivity contribution in [2.24, 2.45) is 4.99 Å². The highest BCUT2D eigenvalue weighted by molar-refractivity contribution is 14.0. The van der Waals surface area contributed by atoms with Crippen LogP contribution in [0.1, 0.15) is 31.7 Å². The minimum atomic E-state index is -3.00. The number of benzene rings is 1. The van der Waals surface area contributed by atoms with Crippen LogP contribution in [-0.4, -0.2) is 36.7 Å². The van der Waals surface area contributed by atoms with Crippen LogP contribution in [0.3, 0.4) is 0 Å². The van der Waals surface area contributed by atoms with Crippen LogP contribution in [0, 0.1) is 5.82 Å². The third-order valence-electron chi connectivity index (χ3n) is 4.09. The van der Waals surface area contributed by atoms with Crippen molar-refractivity contribution in [3.63, 3.8) is 0 Å². The minimum Gasteiger partial charge on any atom is -0.434 e. The predicted molar refractivity (Wildman–Crippen MR) is 111 cm³/mol. The SMILES string of the molecule is CCNC(=NCc1c(F)cccc1OC(F)F)NC1CCC(SC)C1.I. The Morgan fingerprint density at radius 3 is 2.77 bits per heavy atom. The van der Waals surface area contributed by atoms with E-state index in [1.54, 1.807) is 0 Å². The van der Waals surface area contributed by atoms with Crippen molar-refractivity contribution in [2.45, 2.75) is 50.6 Å². The van der Waals surface area contributed by atoms with Crippen molar-refractivity contribution in [1.82, 2.24) is 10.6 Å². The fourth-order valence-corrected chi connectivity index (χ4v) is 3.65. The summed E-state index contributed by atoms with van der Waals surface area (Å²) in [5.41, 5.74) is 0.0217. The minimum absolute atomic E-state index is 0. The predicted octanol–water partition coefficient (Wildman–Crippen LogP) is 4.38. The molecule has 1 aromatic carbocycles. The topological polar surface area (TPSA) is 45.7 Å². The molecule has 1 fully saturated rings. The van der Waals surface area contributed by atoms with Gasteiger partial charge in [-0.2, -0.15) is 20.5 Å². The zero-order chi connectivity index (χ0) is 18.2. The highest BCUT2D eigenvalue weighted by atomic mass is 127. The molecule has 1 aromatic rings. The molecule has 0 aromatic heterocycles. The molecule has 1 aliphatic carbocycles. The van der Waals surface area contributed by atoms with E-state index in [4.69, 9.17) is 0 Å². The van der Waals surface area contributed by atoms with Gasteiger partial charge in [-0.05, 0) is 44.6 Å². The molecule has 0 bridgehead atoms. The second-order valence-electron chi connectivity index (χ2n) is 5.80. The Kier molecular flexibility index (Phi) is 10.5. The molecule has 2 unspecified atom stereocenters. The van der Waals surface area contributed by atoms with Crippen molar-refractivity contribution in [3.05, 3.63) is 29.6 Å². The van der Waals surface area contributed by atoms with Gasteiger partial charge in [-0.1, -0.05) is 6.07 Å². The van der Waals surface area contributed by atoms with E-state index in [1.165, 1.54) is 18.2 Å². The number of alkyl halides is 2. The van der Waals surface area contributed by atoms with Gasteiger partial charge in [0, 0.05) is 17.8 Å². The molecule has 26 heavy (non-hydrogen) atoms. The normalized spacial score (nSPS) is 20.0. The van der Waals surface area contributed by atoms with Crippen LogP contribution in [-0.2, 0) is 6.54 Å². The van der Waals surface area contributed by atoms with E-state index in [0.29, 0.717) is 23.8 Å². The third-order valence-corrected chi connectivity index (χ3v) is 5.18. The molecule has 2 N–H and O–H groups in total. The average molecular weight is 503 g/mol. The molecule has 148 valence electrons.